The zero-order chi connectivity index (χ0) is 13.9. The van der Waals surface area contributed by atoms with E-state index in [1.54, 1.807) is 6.07 Å². The van der Waals surface area contributed by atoms with Crippen LogP contribution in [-0.2, 0) is 6.42 Å². The molecular formula is C15H18FN3O. The number of hydrogen-bond acceptors (Lipinski definition) is 4. The Morgan fingerprint density at radius 1 is 1.35 bits per heavy atom. The molecule has 5 heteroatoms. The summed E-state index contributed by atoms with van der Waals surface area (Å²) in [4.78, 5) is 2.04. The first-order valence-electron chi connectivity index (χ1n) is 7.09. The van der Waals surface area contributed by atoms with Crippen molar-refractivity contribution >= 4 is 6.01 Å². The van der Waals surface area contributed by atoms with Crippen molar-refractivity contribution in [2.24, 2.45) is 0 Å². The minimum Gasteiger partial charge on any atom is -0.408 e. The summed E-state index contributed by atoms with van der Waals surface area (Å²) in [6.07, 6.45) is 2.70. The van der Waals surface area contributed by atoms with Crippen molar-refractivity contribution in [1.82, 2.24) is 10.2 Å². The molecule has 1 fully saturated rings. The Hall–Kier alpha value is -1.91. The topological polar surface area (TPSA) is 42.2 Å². The molecule has 106 valence electrons. The van der Waals surface area contributed by atoms with Crippen LogP contribution >= 0.6 is 0 Å². The molecule has 0 unspecified atom stereocenters. The van der Waals surface area contributed by atoms with E-state index in [0.29, 0.717) is 11.9 Å². The van der Waals surface area contributed by atoms with Crippen molar-refractivity contribution in [3.63, 3.8) is 0 Å². The molecule has 2 aromatic rings. The molecule has 4 nitrogen and oxygen atoms in total. The van der Waals surface area contributed by atoms with Crippen LogP contribution in [0.5, 0.6) is 0 Å². The second-order valence-corrected chi connectivity index (χ2v) is 5.18. The van der Waals surface area contributed by atoms with Gasteiger partial charge >= 0.3 is 6.01 Å². The lowest BCUT2D eigenvalue weighted by Gasteiger charge is -2.13. The van der Waals surface area contributed by atoms with Crippen molar-refractivity contribution < 1.29 is 8.81 Å². The summed E-state index contributed by atoms with van der Waals surface area (Å²) in [5, 5.41) is 8.12. The Kier molecular flexibility index (Phi) is 3.67. The average molecular weight is 275 g/mol. The number of anilines is 1. The second kappa shape index (κ2) is 5.61. The fourth-order valence-corrected chi connectivity index (χ4v) is 2.68. The molecule has 0 N–H and O–H groups in total. The number of nitrogens with zero attached hydrogens (tertiary/aromatic N) is 3. The van der Waals surface area contributed by atoms with Gasteiger partial charge in [-0.15, -0.1) is 5.10 Å². The molecule has 0 aliphatic carbocycles. The normalized spacial score (nSPS) is 18.7. The van der Waals surface area contributed by atoms with Crippen LogP contribution in [0, 0.1) is 5.82 Å². The van der Waals surface area contributed by atoms with Gasteiger partial charge in [0.1, 0.15) is 5.82 Å². The fourth-order valence-electron chi connectivity index (χ4n) is 2.68. The van der Waals surface area contributed by atoms with Crippen LogP contribution in [0.15, 0.2) is 28.7 Å². The summed E-state index contributed by atoms with van der Waals surface area (Å²) in [5.41, 5.74) is 0.781. The Bertz CT molecular complexity index is 584. The molecule has 0 radical (unpaired) electrons. The van der Waals surface area contributed by atoms with Gasteiger partial charge in [-0.3, -0.25) is 0 Å². The number of benzene rings is 1. The van der Waals surface area contributed by atoms with Crippen LogP contribution in [0.4, 0.5) is 10.4 Å². The summed E-state index contributed by atoms with van der Waals surface area (Å²) < 4.78 is 19.4. The van der Waals surface area contributed by atoms with E-state index in [-0.39, 0.29) is 11.7 Å². The quantitative estimate of drug-likeness (QED) is 0.859. The van der Waals surface area contributed by atoms with E-state index in [1.807, 2.05) is 17.0 Å². The minimum absolute atomic E-state index is 0.128. The van der Waals surface area contributed by atoms with Gasteiger partial charge in [0.2, 0.25) is 5.89 Å². The van der Waals surface area contributed by atoms with E-state index < -0.39 is 0 Å². The standard InChI is InChI=1S/C15H18FN3O/c1-2-5-14-17-18-15(20-14)19-9-8-11(10-19)12-6-3-4-7-13(12)16/h3-4,6-7,11H,2,5,8-10H2,1H3/t11-/m1/s1. The SMILES string of the molecule is CCCc1nnc(N2CC[C@@H](c3ccccc3F)C2)o1. The molecule has 1 atom stereocenters. The Morgan fingerprint density at radius 3 is 3.00 bits per heavy atom. The van der Waals surface area contributed by atoms with Gasteiger partial charge in [0, 0.05) is 25.4 Å². The van der Waals surface area contributed by atoms with Gasteiger partial charge < -0.3 is 9.32 Å². The number of rotatable bonds is 4. The van der Waals surface area contributed by atoms with E-state index in [4.69, 9.17) is 4.42 Å². The number of aryl methyl sites for hydroxylation is 1. The van der Waals surface area contributed by atoms with Crippen LogP contribution in [0.25, 0.3) is 0 Å². The zero-order valence-corrected chi connectivity index (χ0v) is 11.6. The highest BCUT2D eigenvalue weighted by Gasteiger charge is 2.28. The second-order valence-electron chi connectivity index (χ2n) is 5.18. The van der Waals surface area contributed by atoms with Gasteiger partial charge in [0.15, 0.2) is 0 Å². The number of hydrogen-bond donors (Lipinski definition) is 0. The zero-order valence-electron chi connectivity index (χ0n) is 11.6. The maximum Gasteiger partial charge on any atom is 0.318 e. The third kappa shape index (κ3) is 2.53. The molecule has 0 saturated carbocycles. The van der Waals surface area contributed by atoms with Gasteiger partial charge in [-0.05, 0) is 24.5 Å². The van der Waals surface area contributed by atoms with Crippen molar-refractivity contribution in [1.29, 1.82) is 0 Å². The predicted octanol–water partition coefficient (Wildman–Crippen LogP) is 3.16. The predicted molar refractivity (Wildman–Crippen MR) is 74.3 cm³/mol. The number of halogens is 1. The molecule has 1 saturated heterocycles. The van der Waals surface area contributed by atoms with Crippen molar-refractivity contribution in [2.75, 3.05) is 18.0 Å². The molecule has 1 aliphatic heterocycles. The summed E-state index contributed by atoms with van der Waals surface area (Å²) in [6.45, 7) is 3.63. The highest BCUT2D eigenvalue weighted by molar-refractivity contribution is 5.32. The van der Waals surface area contributed by atoms with Crippen LogP contribution in [-0.4, -0.2) is 23.3 Å². The molecule has 0 spiro atoms. The summed E-state index contributed by atoms with van der Waals surface area (Å²) >= 11 is 0. The lowest BCUT2D eigenvalue weighted by atomic mass is 9.98. The van der Waals surface area contributed by atoms with E-state index in [0.717, 1.165) is 37.9 Å². The smallest absolute Gasteiger partial charge is 0.318 e. The summed E-state index contributed by atoms with van der Waals surface area (Å²) in [5.74, 6) is 0.742. The highest BCUT2D eigenvalue weighted by Crippen LogP contribution is 2.31. The van der Waals surface area contributed by atoms with Gasteiger partial charge in [-0.2, -0.15) is 0 Å². The van der Waals surface area contributed by atoms with Crippen molar-refractivity contribution in [2.45, 2.75) is 32.1 Å². The lowest BCUT2D eigenvalue weighted by molar-refractivity contribution is 0.486. The van der Waals surface area contributed by atoms with Crippen LogP contribution in [0.1, 0.15) is 37.1 Å². The maximum atomic E-state index is 13.8. The van der Waals surface area contributed by atoms with E-state index >= 15 is 0 Å². The monoisotopic (exact) mass is 275 g/mol. The van der Waals surface area contributed by atoms with Crippen LogP contribution in [0.2, 0.25) is 0 Å². The fraction of sp³-hybridized carbons (Fsp3) is 0.467. The lowest BCUT2D eigenvalue weighted by Crippen LogP contribution is -2.19. The third-order valence-corrected chi connectivity index (χ3v) is 3.72. The number of aromatic nitrogens is 2. The first-order chi connectivity index (χ1) is 9.78. The van der Waals surface area contributed by atoms with Crippen molar-refractivity contribution in [3.8, 4) is 0 Å². The average Bonchev–Trinajstić information content (AvgIpc) is 3.08. The molecule has 1 aromatic heterocycles. The van der Waals surface area contributed by atoms with Crippen LogP contribution in [0.3, 0.4) is 0 Å². The summed E-state index contributed by atoms with van der Waals surface area (Å²) in [7, 11) is 0. The minimum atomic E-state index is -0.128. The molecule has 1 aliphatic rings. The van der Waals surface area contributed by atoms with E-state index in [2.05, 4.69) is 17.1 Å². The first-order valence-corrected chi connectivity index (χ1v) is 7.09. The molecule has 20 heavy (non-hydrogen) atoms. The Labute approximate surface area is 117 Å². The van der Waals surface area contributed by atoms with Gasteiger partial charge in [-0.25, -0.2) is 4.39 Å². The summed E-state index contributed by atoms with van der Waals surface area (Å²) in [6, 6.07) is 7.55. The van der Waals surface area contributed by atoms with Gasteiger partial charge in [-0.1, -0.05) is 30.2 Å². The Balaban J connectivity index is 1.71. The molecule has 0 bridgehead atoms. The largest absolute Gasteiger partial charge is 0.408 e. The molecule has 0 amide bonds. The Morgan fingerprint density at radius 2 is 2.20 bits per heavy atom. The molecule has 2 heterocycles. The van der Waals surface area contributed by atoms with E-state index in [1.165, 1.54) is 6.07 Å². The highest BCUT2D eigenvalue weighted by atomic mass is 19.1. The first kappa shape index (κ1) is 13.1. The van der Waals surface area contributed by atoms with E-state index in [9.17, 15) is 4.39 Å². The molecular weight excluding hydrogens is 257 g/mol. The van der Waals surface area contributed by atoms with Gasteiger partial charge in [0.25, 0.3) is 0 Å². The third-order valence-electron chi connectivity index (χ3n) is 3.72. The molecule has 3 rings (SSSR count). The maximum absolute atomic E-state index is 13.8. The van der Waals surface area contributed by atoms with Gasteiger partial charge in [0.05, 0.1) is 0 Å². The van der Waals surface area contributed by atoms with Crippen LogP contribution < -0.4 is 4.90 Å². The molecule has 1 aromatic carbocycles. The van der Waals surface area contributed by atoms with Crippen molar-refractivity contribution in [3.05, 3.63) is 41.5 Å².